The van der Waals surface area contributed by atoms with E-state index in [-0.39, 0.29) is 17.9 Å². The Balaban J connectivity index is 1.73. The molecule has 2 aliphatic heterocycles. The third-order valence-electron chi connectivity index (χ3n) is 3.57. The van der Waals surface area contributed by atoms with Crippen LogP contribution in [0, 0.1) is 0 Å². The Hall–Kier alpha value is -0.940. The molecule has 102 valence electrons. The molecular weight excluding hydrogens is 232 g/mol. The lowest BCUT2D eigenvalue weighted by molar-refractivity contribution is -0.138. The van der Waals surface area contributed by atoms with Gasteiger partial charge in [0.1, 0.15) is 0 Å². The number of rotatable bonds is 6. The third-order valence-corrected chi connectivity index (χ3v) is 3.57. The molecule has 2 atom stereocenters. The summed E-state index contributed by atoms with van der Waals surface area (Å²) in [4.78, 5) is 25.0. The van der Waals surface area contributed by atoms with Crippen molar-refractivity contribution in [2.45, 2.75) is 51.2 Å². The molecule has 0 bridgehead atoms. The highest BCUT2D eigenvalue weighted by Gasteiger charge is 2.37. The van der Waals surface area contributed by atoms with Crippen LogP contribution in [0.3, 0.4) is 0 Å². The fourth-order valence-corrected chi connectivity index (χ4v) is 2.59. The fraction of sp³-hybridized carbons (Fsp3) is 0.846. The maximum Gasteiger partial charge on any atom is 0.246 e. The maximum atomic E-state index is 11.9. The van der Waals surface area contributed by atoms with Crippen molar-refractivity contribution in [3.63, 3.8) is 0 Å². The van der Waals surface area contributed by atoms with Crippen LogP contribution in [0.25, 0.3) is 0 Å². The number of hydrogen-bond acceptors (Lipinski definition) is 4. The minimum Gasteiger partial charge on any atom is -0.378 e. The van der Waals surface area contributed by atoms with Crippen molar-refractivity contribution in [2.24, 2.45) is 0 Å². The highest BCUT2D eigenvalue weighted by Crippen LogP contribution is 2.16. The summed E-state index contributed by atoms with van der Waals surface area (Å²) in [5.41, 5.74) is 0. The number of hydrogen-bond donors (Lipinski definition) is 1. The predicted octanol–water partition coefficient (Wildman–Crippen LogP) is 0.683. The monoisotopic (exact) mass is 254 g/mol. The van der Waals surface area contributed by atoms with Gasteiger partial charge in [-0.15, -0.1) is 0 Å². The first kappa shape index (κ1) is 13.5. The van der Waals surface area contributed by atoms with Crippen LogP contribution in [0.5, 0.6) is 0 Å². The molecular formula is C13H22N2O3. The fourth-order valence-electron chi connectivity index (χ4n) is 2.59. The van der Waals surface area contributed by atoms with Gasteiger partial charge in [-0.05, 0) is 32.2 Å². The lowest BCUT2D eigenvalue weighted by atomic mass is 10.1. The Bertz CT molecular complexity index is 313. The van der Waals surface area contributed by atoms with E-state index in [2.05, 4.69) is 5.32 Å². The second-order valence-corrected chi connectivity index (χ2v) is 5.02. The van der Waals surface area contributed by atoms with Crippen molar-refractivity contribution >= 4 is 11.8 Å². The predicted molar refractivity (Wildman–Crippen MR) is 67.0 cm³/mol. The van der Waals surface area contributed by atoms with E-state index in [4.69, 9.17) is 4.74 Å². The lowest BCUT2D eigenvalue weighted by Gasteiger charge is -2.15. The number of nitrogens with zero attached hydrogens (tertiary/aromatic N) is 1. The van der Waals surface area contributed by atoms with Gasteiger partial charge in [0.25, 0.3) is 0 Å². The van der Waals surface area contributed by atoms with E-state index >= 15 is 0 Å². The molecule has 1 N–H and O–H groups in total. The van der Waals surface area contributed by atoms with E-state index in [0.717, 1.165) is 38.8 Å². The molecule has 5 nitrogen and oxygen atoms in total. The average molecular weight is 254 g/mol. The van der Waals surface area contributed by atoms with Crippen molar-refractivity contribution < 1.29 is 14.3 Å². The van der Waals surface area contributed by atoms with Crippen molar-refractivity contribution in [2.75, 3.05) is 19.7 Å². The minimum atomic E-state index is -0.314. The van der Waals surface area contributed by atoms with E-state index in [1.807, 2.05) is 6.92 Å². The maximum absolute atomic E-state index is 11.9. The first-order valence-electron chi connectivity index (χ1n) is 6.91. The van der Waals surface area contributed by atoms with Crippen LogP contribution in [0.15, 0.2) is 0 Å². The third kappa shape index (κ3) is 3.09. The molecule has 2 fully saturated rings. The van der Waals surface area contributed by atoms with Gasteiger partial charge < -0.3 is 10.1 Å². The Morgan fingerprint density at radius 1 is 1.44 bits per heavy atom. The van der Waals surface area contributed by atoms with Gasteiger partial charge in [0.15, 0.2) is 0 Å². The largest absolute Gasteiger partial charge is 0.378 e. The highest BCUT2D eigenvalue weighted by molar-refractivity contribution is 6.05. The summed E-state index contributed by atoms with van der Waals surface area (Å²) < 4.78 is 5.52. The molecule has 2 saturated heterocycles. The van der Waals surface area contributed by atoms with Crippen LogP contribution in [-0.4, -0.2) is 48.6 Å². The number of ether oxygens (including phenoxy) is 1. The Labute approximate surface area is 108 Å². The summed E-state index contributed by atoms with van der Waals surface area (Å²) in [6, 6.07) is -0.314. The van der Waals surface area contributed by atoms with Gasteiger partial charge in [-0.1, -0.05) is 6.92 Å². The molecule has 0 spiro atoms. The number of likely N-dealkylation sites (tertiary alicyclic amines) is 1. The Kier molecular flexibility index (Phi) is 4.72. The number of nitrogens with one attached hydrogen (secondary N) is 1. The SMILES string of the molecule is CCCN1C(=O)CC(NCCC2CCCO2)C1=O. The number of carbonyl (C=O) groups is 2. The molecule has 0 aliphatic carbocycles. The second-order valence-electron chi connectivity index (χ2n) is 5.02. The van der Waals surface area contributed by atoms with E-state index < -0.39 is 0 Å². The van der Waals surface area contributed by atoms with E-state index in [1.165, 1.54) is 4.90 Å². The summed E-state index contributed by atoms with van der Waals surface area (Å²) in [7, 11) is 0. The zero-order chi connectivity index (χ0) is 13.0. The summed E-state index contributed by atoms with van der Waals surface area (Å²) >= 11 is 0. The van der Waals surface area contributed by atoms with E-state index in [9.17, 15) is 9.59 Å². The van der Waals surface area contributed by atoms with Crippen LogP contribution in [0.1, 0.15) is 39.0 Å². The lowest BCUT2D eigenvalue weighted by Crippen LogP contribution is -2.40. The summed E-state index contributed by atoms with van der Waals surface area (Å²) in [6.07, 6.45) is 4.63. The molecule has 2 unspecified atom stereocenters. The van der Waals surface area contributed by atoms with Gasteiger partial charge in [-0.25, -0.2) is 0 Å². The first-order chi connectivity index (χ1) is 8.72. The second kappa shape index (κ2) is 6.29. The quantitative estimate of drug-likeness (QED) is 0.708. The van der Waals surface area contributed by atoms with Gasteiger partial charge in [-0.2, -0.15) is 0 Å². The topological polar surface area (TPSA) is 58.6 Å². The minimum absolute atomic E-state index is 0.0449. The molecule has 2 heterocycles. The normalized spacial score (nSPS) is 28.4. The standard InChI is InChI=1S/C13H22N2O3/c1-2-7-15-12(16)9-11(13(15)17)14-6-5-10-4-3-8-18-10/h10-11,14H,2-9H2,1H3. The van der Waals surface area contributed by atoms with E-state index in [0.29, 0.717) is 19.1 Å². The van der Waals surface area contributed by atoms with E-state index in [1.54, 1.807) is 0 Å². The van der Waals surface area contributed by atoms with Crippen LogP contribution in [0.4, 0.5) is 0 Å². The number of carbonyl (C=O) groups excluding carboxylic acids is 2. The van der Waals surface area contributed by atoms with Crippen LogP contribution >= 0.6 is 0 Å². The molecule has 0 aromatic rings. The molecule has 2 amide bonds. The molecule has 5 heteroatoms. The molecule has 0 radical (unpaired) electrons. The summed E-state index contributed by atoms with van der Waals surface area (Å²) in [5.74, 6) is -0.106. The molecule has 2 aliphatic rings. The van der Waals surface area contributed by atoms with Crippen molar-refractivity contribution in [1.82, 2.24) is 10.2 Å². The van der Waals surface area contributed by atoms with Crippen LogP contribution in [-0.2, 0) is 14.3 Å². The smallest absolute Gasteiger partial charge is 0.246 e. The zero-order valence-electron chi connectivity index (χ0n) is 11.0. The van der Waals surface area contributed by atoms with Crippen LogP contribution in [0.2, 0.25) is 0 Å². The average Bonchev–Trinajstić information content (AvgIpc) is 2.94. The number of imide groups is 1. The van der Waals surface area contributed by atoms with Gasteiger partial charge in [0.05, 0.1) is 18.6 Å². The van der Waals surface area contributed by atoms with Gasteiger partial charge >= 0.3 is 0 Å². The Morgan fingerprint density at radius 2 is 2.28 bits per heavy atom. The highest BCUT2D eigenvalue weighted by atomic mass is 16.5. The molecule has 18 heavy (non-hydrogen) atoms. The first-order valence-corrected chi connectivity index (χ1v) is 6.91. The van der Waals surface area contributed by atoms with Crippen LogP contribution < -0.4 is 5.32 Å². The van der Waals surface area contributed by atoms with Gasteiger partial charge in [0.2, 0.25) is 11.8 Å². The van der Waals surface area contributed by atoms with Crippen molar-refractivity contribution in [3.05, 3.63) is 0 Å². The zero-order valence-corrected chi connectivity index (χ0v) is 11.0. The summed E-state index contributed by atoms with van der Waals surface area (Å²) in [6.45, 7) is 4.12. The number of amides is 2. The molecule has 0 aromatic heterocycles. The molecule has 0 saturated carbocycles. The molecule has 0 aromatic carbocycles. The van der Waals surface area contributed by atoms with Crippen molar-refractivity contribution in [1.29, 1.82) is 0 Å². The van der Waals surface area contributed by atoms with Crippen molar-refractivity contribution in [3.8, 4) is 0 Å². The summed E-state index contributed by atoms with van der Waals surface area (Å²) in [5, 5.41) is 3.19. The van der Waals surface area contributed by atoms with Gasteiger partial charge in [-0.3, -0.25) is 14.5 Å². The van der Waals surface area contributed by atoms with Gasteiger partial charge in [0, 0.05) is 13.2 Å². The Morgan fingerprint density at radius 3 is 2.94 bits per heavy atom. The molecule has 2 rings (SSSR count).